The first-order valence-corrected chi connectivity index (χ1v) is 6.77. The van der Waals surface area contributed by atoms with Crippen molar-refractivity contribution < 1.29 is 9.53 Å². The van der Waals surface area contributed by atoms with Crippen LogP contribution in [0.5, 0.6) is 0 Å². The van der Waals surface area contributed by atoms with E-state index in [4.69, 9.17) is 4.74 Å². The Bertz CT molecular complexity index is 290. The zero-order chi connectivity index (χ0) is 14.7. The third-order valence-corrected chi connectivity index (χ3v) is 2.53. The van der Waals surface area contributed by atoms with Crippen molar-refractivity contribution in [2.75, 3.05) is 39.9 Å². The van der Waals surface area contributed by atoms with E-state index >= 15 is 0 Å². The van der Waals surface area contributed by atoms with Gasteiger partial charge in [-0.2, -0.15) is 0 Å². The van der Waals surface area contributed by atoms with Gasteiger partial charge >= 0.3 is 0 Å². The average Bonchev–Trinajstić information content (AvgIpc) is 2.36. The van der Waals surface area contributed by atoms with Crippen LogP contribution < -0.4 is 16.0 Å². The SMILES string of the molecule is CCNC(=O)C(C)(C)CN=C(NCC)NCCOC. The van der Waals surface area contributed by atoms with Gasteiger partial charge in [-0.25, -0.2) is 0 Å². The molecule has 0 aromatic heterocycles. The normalized spacial score (nSPS) is 12.2. The summed E-state index contributed by atoms with van der Waals surface area (Å²) in [4.78, 5) is 16.3. The first-order chi connectivity index (χ1) is 8.97. The summed E-state index contributed by atoms with van der Waals surface area (Å²) in [5, 5.41) is 9.11. The van der Waals surface area contributed by atoms with Gasteiger partial charge in [-0.3, -0.25) is 9.79 Å². The van der Waals surface area contributed by atoms with Gasteiger partial charge in [-0.15, -0.1) is 0 Å². The van der Waals surface area contributed by atoms with Crippen molar-refractivity contribution in [2.45, 2.75) is 27.7 Å². The number of hydrogen-bond acceptors (Lipinski definition) is 3. The molecule has 0 radical (unpaired) electrons. The molecule has 0 aliphatic heterocycles. The van der Waals surface area contributed by atoms with Gasteiger partial charge < -0.3 is 20.7 Å². The molecule has 0 fully saturated rings. The van der Waals surface area contributed by atoms with Gasteiger partial charge in [0.2, 0.25) is 5.91 Å². The van der Waals surface area contributed by atoms with E-state index < -0.39 is 5.41 Å². The summed E-state index contributed by atoms with van der Waals surface area (Å²) in [6, 6.07) is 0. The van der Waals surface area contributed by atoms with Crippen molar-refractivity contribution in [2.24, 2.45) is 10.4 Å². The molecular formula is C13H28N4O2. The number of carbonyl (C=O) groups excluding carboxylic acids is 1. The second-order valence-electron chi connectivity index (χ2n) is 4.86. The van der Waals surface area contributed by atoms with Crippen LogP contribution in [0.4, 0.5) is 0 Å². The molecule has 6 heteroatoms. The number of methoxy groups -OCH3 is 1. The van der Waals surface area contributed by atoms with Crippen LogP contribution in [0.3, 0.4) is 0 Å². The largest absolute Gasteiger partial charge is 0.383 e. The molecule has 0 unspecified atom stereocenters. The molecule has 0 aromatic rings. The number of amides is 1. The van der Waals surface area contributed by atoms with Crippen LogP contribution in [0.25, 0.3) is 0 Å². The van der Waals surface area contributed by atoms with Crippen LogP contribution in [0.2, 0.25) is 0 Å². The van der Waals surface area contributed by atoms with Crippen molar-refractivity contribution in [1.82, 2.24) is 16.0 Å². The summed E-state index contributed by atoms with van der Waals surface area (Å²) in [6.45, 7) is 10.8. The Morgan fingerprint density at radius 3 is 2.32 bits per heavy atom. The Morgan fingerprint density at radius 2 is 1.79 bits per heavy atom. The van der Waals surface area contributed by atoms with Crippen LogP contribution in [-0.2, 0) is 9.53 Å². The lowest BCUT2D eigenvalue weighted by molar-refractivity contribution is -0.128. The lowest BCUT2D eigenvalue weighted by Crippen LogP contribution is -2.42. The van der Waals surface area contributed by atoms with Crippen molar-refractivity contribution in [3.8, 4) is 0 Å². The number of nitrogens with zero attached hydrogens (tertiary/aromatic N) is 1. The van der Waals surface area contributed by atoms with Crippen LogP contribution in [-0.4, -0.2) is 51.8 Å². The highest BCUT2D eigenvalue weighted by atomic mass is 16.5. The van der Waals surface area contributed by atoms with Gasteiger partial charge in [0.05, 0.1) is 18.6 Å². The minimum absolute atomic E-state index is 0.0199. The fourth-order valence-electron chi connectivity index (χ4n) is 1.36. The Balaban J connectivity index is 4.44. The molecular weight excluding hydrogens is 244 g/mol. The minimum atomic E-state index is -0.514. The first kappa shape index (κ1) is 17.7. The Labute approximate surface area is 116 Å². The average molecular weight is 272 g/mol. The Kier molecular flexibility index (Phi) is 8.95. The maximum atomic E-state index is 11.9. The minimum Gasteiger partial charge on any atom is -0.383 e. The Hall–Kier alpha value is -1.30. The molecule has 0 rings (SSSR count). The number of guanidine groups is 1. The first-order valence-electron chi connectivity index (χ1n) is 6.77. The molecule has 6 nitrogen and oxygen atoms in total. The Morgan fingerprint density at radius 1 is 1.16 bits per heavy atom. The molecule has 0 saturated carbocycles. The number of rotatable bonds is 8. The molecule has 0 atom stereocenters. The summed E-state index contributed by atoms with van der Waals surface area (Å²) in [7, 11) is 1.66. The predicted octanol–water partition coefficient (Wildman–Crippen LogP) is 0.350. The second-order valence-corrected chi connectivity index (χ2v) is 4.86. The zero-order valence-corrected chi connectivity index (χ0v) is 12.8. The molecule has 0 saturated heterocycles. The van der Waals surface area contributed by atoms with Crippen molar-refractivity contribution in [3.05, 3.63) is 0 Å². The highest BCUT2D eigenvalue weighted by molar-refractivity contribution is 5.83. The lowest BCUT2D eigenvalue weighted by atomic mass is 9.92. The van der Waals surface area contributed by atoms with Gasteiger partial charge in [0.15, 0.2) is 5.96 Å². The maximum absolute atomic E-state index is 11.9. The fourth-order valence-corrected chi connectivity index (χ4v) is 1.36. The molecule has 19 heavy (non-hydrogen) atoms. The van der Waals surface area contributed by atoms with Gasteiger partial charge in [0, 0.05) is 26.7 Å². The summed E-state index contributed by atoms with van der Waals surface area (Å²) in [5.41, 5.74) is -0.514. The van der Waals surface area contributed by atoms with Crippen molar-refractivity contribution >= 4 is 11.9 Å². The van der Waals surface area contributed by atoms with E-state index in [1.165, 1.54) is 0 Å². The third kappa shape index (κ3) is 7.66. The van der Waals surface area contributed by atoms with E-state index in [1.807, 2.05) is 27.7 Å². The van der Waals surface area contributed by atoms with E-state index in [1.54, 1.807) is 7.11 Å². The summed E-state index contributed by atoms with van der Waals surface area (Å²) < 4.78 is 4.98. The number of ether oxygens (including phenoxy) is 1. The molecule has 0 heterocycles. The number of carbonyl (C=O) groups is 1. The van der Waals surface area contributed by atoms with E-state index in [-0.39, 0.29) is 5.91 Å². The van der Waals surface area contributed by atoms with Crippen LogP contribution in [0.1, 0.15) is 27.7 Å². The van der Waals surface area contributed by atoms with Gasteiger partial charge in [0.1, 0.15) is 0 Å². The van der Waals surface area contributed by atoms with Gasteiger partial charge in [0.25, 0.3) is 0 Å². The zero-order valence-electron chi connectivity index (χ0n) is 12.8. The maximum Gasteiger partial charge on any atom is 0.227 e. The van der Waals surface area contributed by atoms with Crippen LogP contribution >= 0.6 is 0 Å². The third-order valence-electron chi connectivity index (χ3n) is 2.53. The number of nitrogens with one attached hydrogen (secondary N) is 3. The van der Waals surface area contributed by atoms with E-state index in [9.17, 15) is 4.79 Å². The summed E-state index contributed by atoms with van der Waals surface area (Å²) in [5.74, 6) is 0.725. The molecule has 0 aliphatic rings. The summed E-state index contributed by atoms with van der Waals surface area (Å²) >= 11 is 0. The van der Waals surface area contributed by atoms with E-state index in [2.05, 4.69) is 20.9 Å². The number of aliphatic imine (C=N–C) groups is 1. The van der Waals surface area contributed by atoms with Gasteiger partial charge in [-0.1, -0.05) is 0 Å². The smallest absolute Gasteiger partial charge is 0.227 e. The number of hydrogen-bond donors (Lipinski definition) is 3. The lowest BCUT2D eigenvalue weighted by Gasteiger charge is -2.22. The highest BCUT2D eigenvalue weighted by Crippen LogP contribution is 2.15. The van der Waals surface area contributed by atoms with Crippen LogP contribution in [0.15, 0.2) is 4.99 Å². The molecule has 0 aromatic carbocycles. The predicted molar refractivity (Wildman–Crippen MR) is 78.3 cm³/mol. The second kappa shape index (κ2) is 9.61. The van der Waals surface area contributed by atoms with Crippen molar-refractivity contribution in [3.63, 3.8) is 0 Å². The monoisotopic (exact) mass is 272 g/mol. The molecule has 0 aliphatic carbocycles. The standard InChI is InChI=1S/C13H28N4O2/c1-6-14-11(18)13(3,4)10-17-12(15-7-2)16-8-9-19-5/h6-10H2,1-5H3,(H,14,18)(H2,15,16,17). The molecule has 3 N–H and O–H groups in total. The summed E-state index contributed by atoms with van der Waals surface area (Å²) in [6.07, 6.45) is 0. The highest BCUT2D eigenvalue weighted by Gasteiger charge is 2.26. The van der Waals surface area contributed by atoms with Crippen LogP contribution in [0, 0.1) is 5.41 Å². The molecule has 0 bridgehead atoms. The molecule has 0 spiro atoms. The fraction of sp³-hybridized carbons (Fsp3) is 0.846. The quantitative estimate of drug-likeness (QED) is 0.339. The van der Waals surface area contributed by atoms with E-state index in [0.29, 0.717) is 32.2 Å². The molecule has 1 amide bonds. The van der Waals surface area contributed by atoms with E-state index in [0.717, 1.165) is 6.54 Å². The topological polar surface area (TPSA) is 74.8 Å². The van der Waals surface area contributed by atoms with Gasteiger partial charge in [-0.05, 0) is 27.7 Å². The van der Waals surface area contributed by atoms with Crippen molar-refractivity contribution in [1.29, 1.82) is 0 Å². The molecule has 112 valence electrons.